The number of fused-ring (bicyclic) bond motifs is 1. The van der Waals surface area contributed by atoms with Crippen LogP contribution in [0.3, 0.4) is 0 Å². The molecular formula is C27H29N3O4. The van der Waals surface area contributed by atoms with Gasteiger partial charge in [-0.15, -0.1) is 0 Å². The molecule has 2 amide bonds. The van der Waals surface area contributed by atoms with Gasteiger partial charge in [-0.2, -0.15) is 0 Å². The second-order valence-corrected chi connectivity index (χ2v) is 8.14. The van der Waals surface area contributed by atoms with Crippen molar-refractivity contribution in [1.82, 2.24) is 10.6 Å². The van der Waals surface area contributed by atoms with Gasteiger partial charge >= 0.3 is 0 Å². The summed E-state index contributed by atoms with van der Waals surface area (Å²) in [5.74, 6) is 0.627. The third kappa shape index (κ3) is 5.55. The van der Waals surface area contributed by atoms with Gasteiger partial charge in [0.05, 0.1) is 14.2 Å². The van der Waals surface area contributed by atoms with Gasteiger partial charge in [0.15, 0.2) is 11.5 Å². The number of hydrogen-bond donors (Lipinski definition) is 3. The highest BCUT2D eigenvalue weighted by molar-refractivity contribution is 6.04. The summed E-state index contributed by atoms with van der Waals surface area (Å²) >= 11 is 0. The molecule has 7 nitrogen and oxygen atoms in total. The van der Waals surface area contributed by atoms with Crippen molar-refractivity contribution in [2.24, 2.45) is 0 Å². The predicted molar refractivity (Wildman–Crippen MR) is 132 cm³/mol. The fraction of sp³-hybridized carbons (Fsp3) is 0.259. The molecule has 0 spiro atoms. The van der Waals surface area contributed by atoms with Crippen molar-refractivity contribution in [3.8, 4) is 11.5 Å². The smallest absolute Gasteiger partial charge is 0.255 e. The number of amides is 2. The Bertz CT molecular complexity index is 1190. The van der Waals surface area contributed by atoms with Crippen molar-refractivity contribution >= 4 is 17.5 Å². The lowest BCUT2D eigenvalue weighted by Gasteiger charge is -2.12. The maximum absolute atomic E-state index is 12.9. The van der Waals surface area contributed by atoms with Crippen LogP contribution in [-0.2, 0) is 19.4 Å². The number of hydrogen-bond acceptors (Lipinski definition) is 5. The van der Waals surface area contributed by atoms with Gasteiger partial charge in [0.25, 0.3) is 11.8 Å². The lowest BCUT2D eigenvalue weighted by atomic mass is 10.0. The number of carbonyl (C=O) groups excluding carboxylic acids is 2. The van der Waals surface area contributed by atoms with E-state index < -0.39 is 0 Å². The van der Waals surface area contributed by atoms with E-state index in [0.29, 0.717) is 29.2 Å². The standard InChI is InChI=1S/C27H29N3O4/c1-33-24-9-7-22(16-25(24)34-2)26(31)29-17-18-4-3-5-21(14-18)27(32)30-23-8-6-19-10-12-28-13-11-20(19)15-23/h3-9,14-16,28H,10-13,17H2,1-2H3,(H,29,31)(H,30,32). The van der Waals surface area contributed by atoms with Crippen LogP contribution in [0.25, 0.3) is 0 Å². The summed E-state index contributed by atoms with van der Waals surface area (Å²) in [6.45, 7) is 2.22. The van der Waals surface area contributed by atoms with Crippen molar-refractivity contribution in [2.45, 2.75) is 19.4 Å². The molecule has 34 heavy (non-hydrogen) atoms. The molecule has 0 radical (unpaired) electrons. The van der Waals surface area contributed by atoms with E-state index >= 15 is 0 Å². The minimum Gasteiger partial charge on any atom is -0.493 e. The molecular weight excluding hydrogens is 430 g/mol. The number of ether oxygens (including phenoxy) is 2. The number of anilines is 1. The molecule has 0 fully saturated rings. The number of nitrogens with one attached hydrogen (secondary N) is 3. The number of carbonyl (C=O) groups is 2. The maximum atomic E-state index is 12.9. The van der Waals surface area contributed by atoms with E-state index in [9.17, 15) is 9.59 Å². The summed E-state index contributed by atoms with van der Waals surface area (Å²) in [5, 5.41) is 9.28. The molecule has 3 aromatic rings. The Morgan fingerprint density at radius 2 is 1.59 bits per heavy atom. The third-order valence-electron chi connectivity index (χ3n) is 5.89. The van der Waals surface area contributed by atoms with E-state index in [-0.39, 0.29) is 11.8 Å². The van der Waals surface area contributed by atoms with Gasteiger partial charge in [0.1, 0.15) is 0 Å². The van der Waals surface area contributed by atoms with E-state index in [4.69, 9.17) is 9.47 Å². The lowest BCUT2D eigenvalue weighted by molar-refractivity contribution is 0.0950. The molecule has 0 aromatic heterocycles. The number of methoxy groups -OCH3 is 2. The Morgan fingerprint density at radius 1 is 0.824 bits per heavy atom. The van der Waals surface area contributed by atoms with Gasteiger partial charge in [-0.25, -0.2) is 0 Å². The first-order chi connectivity index (χ1) is 16.6. The van der Waals surface area contributed by atoms with Crippen molar-refractivity contribution < 1.29 is 19.1 Å². The van der Waals surface area contributed by atoms with Gasteiger partial charge in [-0.05, 0) is 85.1 Å². The van der Waals surface area contributed by atoms with E-state index in [1.165, 1.54) is 18.2 Å². The molecule has 1 aliphatic rings. The minimum absolute atomic E-state index is 0.181. The number of benzene rings is 3. The first-order valence-corrected chi connectivity index (χ1v) is 11.3. The van der Waals surface area contributed by atoms with E-state index in [1.807, 2.05) is 18.2 Å². The fourth-order valence-electron chi connectivity index (χ4n) is 4.04. The Morgan fingerprint density at radius 3 is 2.38 bits per heavy atom. The van der Waals surface area contributed by atoms with E-state index in [1.54, 1.807) is 37.4 Å². The molecule has 0 unspecified atom stereocenters. The zero-order valence-corrected chi connectivity index (χ0v) is 19.4. The van der Waals surface area contributed by atoms with Crippen molar-refractivity contribution in [3.05, 3.63) is 88.5 Å². The summed E-state index contributed by atoms with van der Waals surface area (Å²) < 4.78 is 10.5. The molecule has 0 atom stereocenters. The van der Waals surface area contributed by atoms with Crippen LogP contribution in [0, 0.1) is 0 Å². The van der Waals surface area contributed by atoms with E-state index in [2.05, 4.69) is 28.1 Å². The zero-order chi connectivity index (χ0) is 23.9. The molecule has 176 valence electrons. The molecule has 7 heteroatoms. The molecule has 0 saturated carbocycles. The van der Waals surface area contributed by atoms with Crippen LogP contribution >= 0.6 is 0 Å². The van der Waals surface area contributed by atoms with Gasteiger partial charge < -0.3 is 25.4 Å². The SMILES string of the molecule is COc1ccc(C(=O)NCc2cccc(C(=O)Nc3ccc4c(c3)CCNCC4)c2)cc1OC. The Kier molecular flexibility index (Phi) is 7.44. The molecule has 0 saturated heterocycles. The van der Waals surface area contributed by atoms with Gasteiger partial charge in [-0.3, -0.25) is 9.59 Å². The van der Waals surface area contributed by atoms with Crippen LogP contribution in [-0.4, -0.2) is 39.1 Å². The largest absolute Gasteiger partial charge is 0.493 e. The van der Waals surface area contributed by atoms with E-state index in [0.717, 1.165) is 37.2 Å². The Labute approximate surface area is 199 Å². The van der Waals surface area contributed by atoms with Gasteiger partial charge in [-0.1, -0.05) is 18.2 Å². The fourth-order valence-corrected chi connectivity index (χ4v) is 4.04. The van der Waals surface area contributed by atoms with Crippen molar-refractivity contribution in [3.63, 3.8) is 0 Å². The summed E-state index contributed by atoms with van der Waals surface area (Å²) in [4.78, 5) is 25.5. The van der Waals surface area contributed by atoms with Gasteiger partial charge in [0.2, 0.25) is 0 Å². The van der Waals surface area contributed by atoms with Gasteiger partial charge in [0, 0.05) is 23.4 Å². The number of rotatable bonds is 7. The molecule has 0 bridgehead atoms. The predicted octanol–water partition coefficient (Wildman–Crippen LogP) is 3.57. The lowest BCUT2D eigenvalue weighted by Crippen LogP contribution is -2.23. The van der Waals surface area contributed by atoms with Crippen LogP contribution in [0.4, 0.5) is 5.69 Å². The highest BCUT2D eigenvalue weighted by atomic mass is 16.5. The Hall–Kier alpha value is -3.84. The van der Waals surface area contributed by atoms with Crippen molar-refractivity contribution in [2.75, 3.05) is 32.6 Å². The first-order valence-electron chi connectivity index (χ1n) is 11.3. The van der Waals surface area contributed by atoms with Crippen LogP contribution in [0.1, 0.15) is 37.4 Å². The average Bonchev–Trinajstić information content (AvgIpc) is 3.12. The first kappa shape index (κ1) is 23.3. The van der Waals surface area contributed by atoms with Crippen LogP contribution in [0.15, 0.2) is 60.7 Å². The highest BCUT2D eigenvalue weighted by Gasteiger charge is 2.13. The average molecular weight is 460 g/mol. The highest BCUT2D eigenvalue weighted by Crippen LogP contribution is 2.27. The maximum Gasteiger partial charge on any atom is 0.255 e. The van der Waals surface area contributed by atoms with Crippen LogP contribution in [0.2, 0.25) is 0 Å². The molecule has 0 aliphatic carbocycles. The monoisotopic (exact) mass is 459 g/mol. The van der Waals surface area contributed by atoms with Crippen LogP contribution < -0.4 is 25.4 Å². The van der Waals surface area contributed by atoms with Crippen molar-refractivity contribution in [1.29, 1.82) is 0 Å². The van der Waals surface area contributed by atoms with Crippen LogP contribution in [0.5, 0.6) is 11.5 Å². The second-order valence-electron chi connectivity index (χ2n) is 8.14. The Balaban J connectivity index is 1.39. The molecule has 3 N–H and O–H groups in total. The summed E-state index contributed by atoms with van der Waals surface area (Å²) in [7, 11) is 3.07. The molecule has 1 heterocycles. The third-order valence-corrected chi connectivity index (χ3v) is 5.89. The molecule has 1 aliphatic heterocycles. The normalized spacial score (nSPS) is 12.8. The summed E-state index contributed by atoms with van der Waals surface area (Å²) in [6, 6.07) is 18.4. The summed E-state index contributed by atoms with van der Waals surface area (Å²) in [6.07, 6.45) is 1.95. The topological polar surface area (TPSA) is 88.7 Å². The molecule has 3 aromatic carbocycles. The minimum atomic E-state index is -0.240. The quantitative estimate of drug-likeness (QED) is 0.503. The zero-order valence-electron chi connectivity index (χ0n) is 19.4. The summed E-state index contributed by atoms with van der Waals surface area (Å²) in [5.41, 5.74) is 5.22. The second kappa shape index (κ2) is 10.9. The molecule has 4 rings (SSSR count).